The maximum atomic E-state index is 11.3. The third kappa shape index (κ3) is 12.6. The van der Waals surface area contributed by atoms with Crippen LogP contribution < -0.4 is 0 Å². The van der Waals surface area contributed by atoms with E-state index in [1.807, 2.05) is 6.92 Å². The van der Waals surface area contributed by atoms with Gasteiger partial charge in [0.15, 0.2) is 0 Å². The largest absolute Gasteiger partial charge is 0.462 e. The molecule has 132 valence electrons. The predicted molar refractivity (Wildman–Crippen MR) is 93.1 cm³/mol. The van der Waals surface area contributed by atoms with Gasteiger partial charge in [-0.25, -0.2) is 9.59 Å². The monoisotopic (exact) mass is 324 g/mol. The molecule has 0 heterocycles. The highest BCUT2D eigenvalue weighted by Crippen LogP contribution is 2.12. The van der Waals surface area contributed by atoms with Gasteiger partial charge in [0.1, 0.15) is 0 Å². The van der Waals surface area contributed by atoms with E-state index in [0.29, 0.717) is 17.8 Å². The minimum Gasteiger partial charge on any atom is -0.462 e. The fourth-order valence-corrected chi connectivity index (χ4v) is 2.05. The van der Waals surface area contributed by atoms with E-state index in [0.717, 1.165) is 38.5 Å². The quantitative estimate of drug-likeness (QED) is 0.279. The van der Waals surface area contributed by atoms with Crippen LogP contribution in [0.5, 0.6) is 0 Å². The van der Waals surface area contributed by atoms with Crippen molar-refractivity contribution in [3.05, 3.63) is 24.3 Å². The zero-order valence-corrected chi connectivity index (χ0v) is 15.0. The van der Waals surface area contributed by atoms with Crippen molar-refractivity contribution < 1.29 is 19.1 Å². The van der Waals surface area contributed by atoms with Crippen molar-refractivity contribution in [2.45, 2.75) is 78.2 Å². The Bertz CT molecular complexity index is 398. The summed E-state index contributed by atoms with van der Waals surface area (Å²) in [6.07, 6.45) is 8.60. The second-order valence-electron chi connectivity index (χ2n) is 6.18. The van der Waals surface area contributed by atoms with Gasteiger partial charge in [0, 0.05) is 11.1 Å². The third-order valence-corrected chi connectivity index (χ3v) is 3.49. The minimum absolute atomic E-state index is 0.0396. The summed E-state index contributed by atoms with van der Waals surface area (Å²) in [5.74, 6) is -0.601. The van der Waals surface area contributed by atoms with Gasteiger partial charge in [0.25, 0.3) is 0 Å². The number of rotatable bonds is 13. The molecule has 0 amide bonds. The molecule has 0 aromatic heterocycles. The molecule has 4 nitrogen and oxygen atoms in total. The van der Waals surface area contributed by atoms with Gasteiger partial charge in [0.05, 0.1) is 12.7 Å². The molecule has 0 bridgehead atoms. The van der Waals surface area contributed by atoms with Crippen LogP contribution in [0, 0.1) is 0 Å². The Morgan fingerprint density at radius 2 is 1.30 bits per heavy atom. The fourth-order valence-electron chi connectivity index (χ4n) is 2.05. The van der Waals surface area contributed by atoms with Crippen LogP contribution >= 0.6 is 0 Å². The van der Waals surface area contributed by atoms with Crippen LogP contribution in [-0.2, 0) is 19.1 Å². The highest BCUT2D eigenvalue weighted by atomic mass is 16.5. The summed E-state index contributed by atoms with van der Waals surface area (Å²) in [5, 5.41) is 0. The van der Waals surface area contributed by atoms with Crippen molar-refractivity contribution in [1.82, 2.24) is 0 Å². The van der Waals surface area contributed by atoms with Crippen molar-refractivity contribution in [2.75, 3.05) is 6.61 Å². The van der Waals surface area contributed by atoms with E-state index < -0.39 is 0 Å². The molecule has 0 aliphatic rings. The number of carbonyl (C=O) groups excluding carboxylic acids is 2. The second-order valence-corrected chi connectivity index (χ2v) is 6.18. The normalized spacial score (nSPS) is 11.6. The molecule has 1 unspecified atom stereocenters. The van der Waals surface area contributed by atoms with E-state index in [2.05, 4.69) is 13.2 Å². The highest BCUT2D eigenvalue weighted by molar-refractivity contribution is 5.87. The summed E-state index contributed by atoms with van der Waals surface area (Å²) in [5.41, 5.74) is 0.902. The lowest BCUT2D eigenvalue weighted by atomic mass is 10.1. The topological polar surface area (TPSA) is 52.6 Å². The van der Waals surface area contributed by atoms with Gasteiger partial charge < -0.3 is 9.47 Å². The molecule has 23 heavy (non-hydrogen) atoms. The van der Waals surface area contributed by atoms with Crippen LogP contribution in [0.4, 0.5) is 0 Å². The van der Waals surface area contributed by atoms with Gasteiger partial charge in [-0.1, -0.05) is 45.3 Å². The molecule has 0 aliphatic heterocycles. The molecule has 4 heteroatoms. The van der Waals surface area contributed by atoms with Crippen molar-refractivity contribution in [1.29, 1.82) is 0 Å². The van der Waals surface area contributed by atoms with E-state index in [-0.39, 0.29) is 18.0 Å². The molecule has 0 rings (SSSR count). The first-order chi connectivity index (χ1) is 10.8. The predicted octanol–water partition coefficient (Wildman–Crippen LogP) is 4.73. The zero-order chi connectivity index (χ0) is 17.7. The Balaban J connectivity index is 3.37. The summed E-state index contributed by atoms with van der Waals surface area (Å²) < 4.78 is 10.3. The maximum absolute atomic E-state index is 11.3. The molecule has 0 N–H and O–H groups in total. The maximum Gasteiger partial charge on any atom is 0.333 e. The van der Waals surface area contributed by atoms with Crippen LogP contribution in [0.1, 0.15) is 72.1 Å². The Hall–Kier alpha value is -1.58. The first kappa shape index (κ1) is 21.4. The number of hydrogen-bond acceptors (Lipinski definition) is 4. The molecule has 1 atom stereocenters. The van der Waals surface area contributed by atoms with Crippen molar-refractivity contribution in [2.24, 2.45) is 0 Å². The van der Waals surface area contributed by atoms with Gasteiger partial charge in [-0.05, 0) is 40.0 Å². The first-order valence-corrected chi connectivity index (χ1v) is 8.53. The van der Waals surface area contributed by atoms with E-state index in [1.165, 1.54) is 12.8 Å². The lowest BCUT2D eigenvalue weighted by Crippen LogP contribution is -2.15. The lowest BCUT2D eigenvalue weighted by Gasteiger charge is -2.12. The molecule has 0 fully saturated rings. The van der Waals surface area contributed by atoms with Gasteiger partial charge in [0.2, 0.25) is 0 Å². The smallest absolute Gasteiger partial charge is 0.333 e. The van der Waals surface area contributed by atoms with Crippen molar-refractivity contribution >= 4 is 11.9 Å². The Morgan fingerprint density at radius 3 is 1.83 bits per heavy atom. The van der Waals surface area contributed by atoms with Gasteiger partial charge >= 0.3 is 11.9 Å². The average Bonchev–Trinajstić information content (AvgIpc) is 2.48. The van der Waals surface area contributed by atoms with E-state index in [4.69, 9.17) is 9.47 Å². The number of unbranched alkanes of at least 4 members (excludes halogenated alkanes) is 6. The van der Waals surface area contributed by atoms with Crippen molar-refractivity contribution in [3.63, 3.8) is 0 Å². The fraction of sp³-hybridized carbons (Fsp3) is 0.684. The van der Waals surface area contributed by atoms with Gasteiger partial charge in [-0.15, -0.1) is 0 Å². The SMILES string of the molecule is C=C(C)C(=O)OCCCCCCCCCC(C)OC(=O)C(=C)C. The number of esters is 2. The molecular weight excluding hydrogens is 292 g/mol. The number of carbonyl (C=O) groups is 2. The summed E-state index contributed by atoms with van der Waals surface area (Å²) in [6.45, 7) is 12.8. The standard InChI is InChI=1S/C19H32O4/c1-15(2)18(20)22-14-12-10-8-6-7-9-11-13-17(5)23-19(21)16(3)4/h17H,1,3,6-14H2,2,4-5H3. The Morgan fingerprint density at radius 1 is 0.826 bits per heavy atom. The molecule has 0 saturated heterocycles. The van der Waals surface area contributed by atoms with E-state index >= 15 is 0 Å². The Labute approximate surface area is 140 Å². The summed E-state index contributed by atoms with van der Waals surface area (Å²) in [7, 11) is 0. The van der Waals surface area contributed by atoms with Crippen LogP contribution in [0.3, 0.4) is 0 Å². The molecule has 0 aliphatic carbocycles. The van der Waals surface area contributed by atoms with Crippen LogP contribution in [0.15, 0.2) is 24.3 Å². The average molecular weight is 324 g/mol. The van der Waals surface area contributed by atoms with Crippen LogP contribution in [0.2, 0.25) is 0 Å². The van der Waals surface area contributed by atoms with Gasteiger partial charge in [-0.2, -0.15) is 0 Å². The molecule has 0 saturated carbocycles. The summed E-state index contributed by atoms with van der Waals surface area (Å²) >= 11 is 0. The minimum atomic E-state index is -0.301. The summed E-state index contributed by atoms with van der Waals surface area (Å²) in [6, 6.07) is 0. The molecular formula is C19H32O4. The molecule has 0 radical (unpaired) electrons. The second kappa shape index (κ2) is 12.9. The van der Waals surface area contributed by atoms with Gasteiger partial charge in [-0.3, -0.25) is 0 Å². The first-order valence-electron chi connectivity index (χ1n) is 8.53. The molecule has 0 aromatic carbocycles. The third-order valence-electron chi connectivity index (χ3n) is 3.49. The van der Waals surface area contributed by atoms with Crippen LogP contribution in [0.25, 0.3) is 0 Å². The number of ether oxygens (including phenoxy) is 2. The lowest BCUT2D eigenvalue weighted by molar-refractivity contribution is -0.143. The van der Waals surface area contributed by atoms with E-state index in [1.54, 1.807) is 13.8 Å². The van der Waals surface area contributed by atoms with Crippen molar-refractivity contribution in [3.8, 4) is 0 Å². The zero-order valence-electron chi connectivity index (χ0n) is 15.0. The highest BCUT2D eigenvalue weighted by Gasteiger charge is 2.09. The van der Waals surface area contributed by atoms with E-state index in [9.17, 15) is 9.59 Å². The molecule has 0 spiro atoms. The van der Waals surface area contributed by atoms with Crippen LogP contribution in [-0.4, -0.2) is 24.6 Å². The number of hydrogen-bond donors (Lipinski definition) is 0. The Kier molecular flexibility index (Phi) is 12.0. The molecule has 0 aromatic rings. The summed E-state index contributed by atoms with van der Waals surface area (Å²) in [4.78, 5) is 22.5.